The molecule has 1 atom stereocenters. The first-order chi connectivity index (χ1) is 26.8. The van der Waals surface area contributed by atoms with Crippen molar-refractivity contribution < 1.29 is 28.2 Å². The summed E-state index contributed by atoms with van der Waals surface area (Å²) >= 11 is 0. The molecule has 8 aromatic carbocycles. The van der Waals surface area contributed by atoms with Crippen molar-refractivity contribution in [3.8, 4) is 28.4 Å². The first-order valence-corrected chi connectivity index (χ1v) is 19.5. The predicted octanol–water partition coefficient (Wildman–Crippen LogP) is 11.4. The normalized spacial score (nSPS) is 14.7. The van der Waals surface area contributed by atoms with E-state index in [9.17, 15) is 9.59 Å². The molecule has 0 saturated carbocycles. The van der Waals surface area contributed by atoms with Gasteiger partial charge in [-0.05, 0) is 106 Å². The van der Waals surface area contributed by atoms with Crippen LogP contribution in [0.2, 0.25) is 0 Å². The van der Waals surface area contributed by atoms with Crippen LogP contribution in [-0.2, 0) is 9.72 Å². The van der Waals surface area contributed by atoms with Crippen molar-refractivity contribution >= 4 is 46.2 Å². The van der Waals surface area contributed by atoms with E-state index in [1.54, 1.807) is 36.4 Å². The van der Waals surface area contributed by atoms with Crippen LogP contribution in [0.4, 0.5) is 0 Å². The van der Waals surface area contributed by atoms with Crippen LogP contribution in [0.5, 0.6) is 17.2 Å². The number of esters is 2. The molecule has 0 radical (unpaired) electrons. The number of rotatable bonds is 7. The molecule has 0 aliphatic carbocycles. The fourth-order valence-corrected chi connectivity index (χ4v) is 10.4. The molecular weight excluding hydrogens is 703 g/mol. The average Bonchev–Trinajstić information content (AvgIpc) is 3.23. The Bertz CT molecular complexity index is 2690. The van der Waals surface area contributed by atoms with Gasteiger partial charge in [-0.15, -0.1) is 0 Å². The van der Waals surface area contributed by atoms with Crippen molar-refractivity contribution in [1.82, 2.24) is 0 Å². The lowest BCUT2D eigenvalue weighted by Gasteiger charge is -2.41. The molecule has 6 nitrogen and oxygen atoms in total. The largest absolute Gasteiger partial charge is 0.438 e. The van der Waals surface area contributed by atoms with Gasteiger partial charge in [0.1, 0.15) is 22.4 Å². The number of carbonyl (C=O) groups excluding carboxylic acids is 2. The Hall–Kier alpha value is -6.75. The van der Waals surface area contributed by atoms with E-state index in [4.69, 9.17) is 14.0 Å². The minimum Gasteiger partial charge on any atom is -0.438 e. The van der Waals surface area contributed by atoms with Crippen LogP contribution < -0.4 is 19.3 Å². The third kappa shape index (κ3) is 5.97. The Labute approximate surface area is 318 Å². The lowest BCUT2D eigenvalue weighted by Crippen LogP contribution is -2.34. The zero-order valence-electron chi connectivity index (χ0n) is 29.7. The quantitative estimate of drug-likeness (QED) is 0.0921. The second-order valence-electron chi connectivity index (χ2n) is 13.7. The van der Waals surface area contributed by atoms with Gasteiger partial charge >= 0.3 is 11.9 Å². The highest BCUT2D eigenvalue weighted by atomic mass is 31.2. The molecule has 0 bridgehead atoms. The van der Waals surface area contributed by atoms with Crippen molar-refractivity contribution in [2.75, 3.05) is 0 Å². The highest BCUT2D eigenvalue weighted by Gasteiger charge is 2.53. The summed E-state index contributed by atoms with van der Waals surface area (Å²) in [6.07, 6.45) is 0. The molecule has 0 fully saturated rings. The molecule has 0 spiro atoms. The Morgan fingerprint density at radius 2 is 0.927 bits per heavy atom. The summed E-state index contributed by atoms with van der Waals surface area (Å²) in [5.41, 5.74) is 3.92. The van der Waals surface area contributed by atoms with Crippen LogP contribution >= 0.6 is 7.37 Å². The van der Waals surface area contributed by atoms with Crippen molar-refractivity contribution in [1.29, 1.82) is 0 Å². The van der Waals surface area contributed by atoms with E-state index < -0.39 is 24.5 Å². The van der Waals surface area contributed by atoms with Crippen molar-refractivity contribution in [2.24, 2.45) is 0 Å². The maximum absolute atomic E-state index is 16.0. The summed E-state index contributed by atoms with van der Waals surface area (Å²) in [5.74, 6) is 0.244. The maximum Gasteiger partial charge on any atom is 0.343 e. The summed E-state index contributed by atoms with van der Waals surface area (Å²) in [6.45, 7) is 1.91. The molecule has 0 amide bonds. The Morgan fingerprint density at radius 3 is 1.45 bits per heavy atom. The number of hydrogen-bond donors (Lipinski definition) is 0. The Kier molecular flexibility index (Phi) is 8.41. The molecule has 0 saturated heterocycles. The number of benzene rings is 8. The summed E-state index contributed by atoms with van der Waals surface area (Å²) < 4.78 is 34.3. The van der Waals surface area contributed by atoms with Gasteiger partial charge in [-0.25, -0.2) is 9.59 Å². The minimum atomic E-state index is -3.84. The molecule has 0 N–H and O–H groups in total. The highest BCUT2D eigenvalue weighted by Crippen LogP contribution is 2.69. The number of ether oxygens (including phenoxy) is 2. The van der Waals surface area contributed by atoms with Crippen LogP contribution in [0.3, 0.4) is 0 Å². The summed E-state index contributed by atoms with van der Waals surface area (Å²) in [4.78, 5) is 26.5. The first-order valence-electron chi connectivity index (χ1n) is 17.9. The smallest absolute Gasteiger partial charge is 0.343 e. The predicted molar refractivity (Wildman–Crippen MR) is 217 cm³/mol. The topological polar surface area (TPSA) is 78.9 Å². The summed E-state index contributed by atoms with van der Waals surface area (Å²) in [7, 11) is -3.84. The number of fused-ring (bicyclic) bond motifs is 5. The summed E-state index contributed by atoms with van der Waals surface area (Å²) in [6, 6.07) is 55.9. The molecule has 1 unspecified atom stereocenters. The van der Waals surface area contributed by atoms with Crippen molar-refractivity contribution in [3.05, 3.63) is 204 Å². The molecule has 1 heterocycles. The van der Waals surface area contributed by atoms with Gasteiger partial charge in [0.05, 0.1) is 16.4 Å². The number of hydrogen-bond acceptors (Lipinski definition) is 6. The molecular formula is C48H33O6P. The zero-order chi connectivity index (χ0) is 37.6. The van der Waals surface area contributed by atoms with Gasteiger partial charge in [0.25, 0.3) is 7.37 Å². The molecule has 1 aliphatic rings. The van der Waals surface area contributed by atoms with Gasteiger partial charge < -0.3 is 14.0 Å². The number of carbonyl (C=O) groups is 2. The van der Waals surface area contributed by atoms with Gasteiger partial charge in [0, 0.05) is 5.56 Å². The summed E-state index contributed by atoms with van der Waals surface area (Å²) in [5, 5.41) is 3.28. The SMILES string of the molecule is CC(c1ccc(OC(=O)c2ccc3ccccc3c2)cc1)(c1ccc(OC(=O)c2ccc3ccccc3c2)cc1)P1(=O)Oc2ccccc2-c2ccccc21. The molecule has 55 heavy (non-hydrogen) atoms. The van der Waals surface area contributed by atoms with Crippen molar-refractivity contribution in [3.63, 3.8) is 0 Å². The molecule has 0 aromatic heterocycles. The van der Waals surface area contributed by atoms with Gasteiger partial charge in [-0.3, -0.25) is 4.57 Å². The van der Waals surface area contributed by atoms with E-state index >= 15 is 4.57 Å². The lowest BCUT2D eigenvalue weighted by atomic mass is 9.92. The zero-order valence-corrected chi connectivity index (χ0v) is 30.6. The van der Waals surface area contributed by atoms with E-state index in [1.165, 1.54) is 0 Å². The van der Waals surface area contributed by atoms with Crippen LogP contribution in [0.1, 0.15) is 38.8 Å². The van der Waals surface area contributed by atoms with Gasteiger partial charge in [0.2, 0.25) is 0 Å². The third-order valence-electron chi connectivity index (χ3n) is 10.4. The minimum absolute atomic E-state index is 0.341. The van der Waals surface area contributed by atoms with Crippen LogP contribution in [0.15, 0.2) is 182 Å². The van der Waals surface area contributed by atoms with Crippen LogP contribution in [0, 0.1) is 0 Å². The van der Waals surface area contributed by atoms with E-state index in [-0.39, 0.29) is 0 Å². The van der Waals surface area contributed by atoms with E-state index in [2.05, 4.69) is 0 Å². The van der Waals surface area contributed by atoms with E-state index in [0.717, 1.165) is 32.7 Å². The molecule has 1 aliphatic heterocycles. The van der Waals surface area contributed by atoms with Gasteiger partial charge in [-0.2, -0.15) is 0 Å². The third-order valence-corrected chi connectivity index (χ3v) is 13.6. The maximum atomic E-state index is 16.0. The van der Waals surface area contributed by atoms with E-state index in [1.807, 2.05) is 153 Å². The fraction of sp³-hybridized carbons (Fsp3) is 0.0417. The monoisotopic (exact) mass is 736 g/mol. The average molecular weight is 737 g/mol. The highest BCUT2D eigenvalue weighted by molar-refractivity contribution is 7.69. The van der Waals surface area contributed by atoms with Gasteiger partial charge in [0.15, 0.2) is 0 Å². The van der Waals surface area contributed by atoms with Crippen molar-refractivity contribution in [2.45, 2.75) is 12.1 Å². The lowest BCUT2D eigenvalue weighted by molar-refractivity contribution is 0.0725. The Balaban J connectivity index is 1.08. The van der Waals surface area contributed by atoms with E-state index in [0.29, 0.717) is 44.8 Å². The van der Waals surface area contributed by atoms with Crippen LogP contribution in [-0.4, -0.2) is 11.9 Å². The molecule has 266 valence electrons. The standard InChI is InChI=1S/C48H33O6P/c1-48(55(51)45-17-9-7-15-43(45)42-14-6-8-16-44(42)54-55,38-22-26-40(27-23-38)52-46(49)36-20-18-32-10-2-4-12-34(32)30-36)39-24-28-41(29-25-39)53-47(50)37-21-19-33-11-3-5-13-35(33)31-37/h2-31H,1H3. The first kappa shape index (κ1) is 34.0. The Morgan fingerprint density at radius 1 is 0.491 bits per heavy atom. The fourth-order valence-electron chi connectivity index (χ4n) is 7.41. The van der Waals surface area contributed by atoms with Crippen LogP contribution in [0.25, 0.3) is 32.7 Å². The molecule has 7 heteroatoms. The molecule has 9 rings (SSSR count). The second kappa shape index (κ2) is 13.6. The second-order valence-corrected chi connectivity index (χ2v) is 16.3. The number of para-hydroxylation sites is 1. The molecule has 8 aromatic rings. The van der Waals surface area contributed by atoms with Gasteiger partial charge in [-0.1, -0.05) is 121 Å².